The molecule has 0 aromatic heterocycles. The van der Waals surface area contributed by atoms with Crippen LogP contribution in [0.5, 0.6) is 0 Å². The fourth-order valence-corrected chi connectivity index (χ4v) is 2.90. The molecule has 0 bridgehead atoms. The molecule has 1 saturated heterocycles. The molecule has 1 fully saturated rings. The van der Waals surface area contributed by atoms with Crippen LogP contribution in [0, 0.1) is 0 Å². The highest BCUT2D eigenvalue weighted by molar-refractivity contribution is 5.82. The average molecular weight is 285 g/mol. The number of hydrogen-bond acceptors (Lipinski definition) is 3. The third kappa shape index (κ3) is 4.03. The van der Waals surface area contributed by atoms with Gasteiger partial charge in [-0.1, -0.05) is 42.5 Å². The zero-order chi connectivity index (χ0) is 14.5. The summed E-state index contributed by atoms with van der Waals surface area (Å²) in [7, 11) is 0. The lowest BCUT2D eigenvalue weighted by Crippen LogP contribution is -2.26. The van der Waals surface area contributed by atoms with Gasteiger partial charge >= 0.3 is 0 Å². The molecule has 1 heterocycles. The molecule has 0 amide bonds. The summed E-state index contributed by atoms with van der Waals surface area (Å²) in [5.41, 5.74) is 1.32. The Kier molecular flexibility index (Phi) is 4.86. The van der Waals surface area contributed by atoms with Crippen LogP contribution in [-0.4, -0.2) is 49.0 Å². The van der Waals surface area contributed by atoms with E-state index in [1.807, 2.05) is 0 Å². The van der Waals surface area contributed by atoms with E-state index in [2.05, 4.69) is 47.4 Å². The molecular weight excluding hydrogens is 262 g/mol. The van der Waals surface area contributed by atoms with Crippen LogP contribution in [0.4, 0.5) is 0 Å². The van der Waals surface area contributed by atoms with Gasteiger partial charge < -0.3 is 9.84 Å². The van der Waals surface area contributed by atoms with Gasteiger partial charge in [-0.3, -0.25) is 4.90 Å². The highest BCUT2D eigenvalue weighted by atomic mass is 16.5. The van der Waals surface area contributed by atoms with E-state index in [0.717, 1.165) is 45.7 Å². The number of aliphatic hydroxyl groups excluding tert-OH is 1. The molecule has 1 N–H and O–H groups in total. The minimum atomic E-state index is -0.136. The lowest BCUT2D eigenvalue weighted by molar-refractivity contribution is 0.106. The molecule has 0 saturated carbocycles. The van der Waals surface area contributed by atoms with Gasteiger partial charge in [0, 0.05) is 19.6 Å². The molecule has 1 unspecified atom stereocenters. The number of fused-ring (bicyclic) bond motifs is 1. The summed E-state index contributed by atoms with van der Waals surface area (Å²) in [6.45, 7) is 4.23. The summed E-state index contributed by atoms with van der Waals surface area (Å²) < 4.78 is 5.72. The first-order chi connectivity index (χ1) is 10.3. The van der Waals surface area contributed by atoms with Gasteiger partial charge in [0.25, 0.3) is 0 Å². The molecule has 3 heteroatoms. The van der Waals surface area contributed by atoms with E-state index in [1.165, 1.54) is 16.3 Å². The number of ether oxygens (including phenoxy) is 1. The quantitative estimate of drug-likeness (QED) is 0.828. The van der Waals surface area contributed by atoms with Crippen molar-refractivity contribution in [2.45, 2.75) is 18.9 Å². The smallest absolute Gasteiger partial charge is 0.0679 e. The van der Waals surface area contributed by atoms with Crippen LogP contribution in [0.25, 0.3) is 10.8 Å². The maximum absolute atomic E-state index is 9.46. The van der Waals surface area contributed by atoms with Crippen LogP contribution in [0.15, 0.2) is 42.5 Å². The van der Waals surface area contributed by atoms with Crippen LogP contribution in [0.1, 0.15) is 12.0 Å². The third-order valence-corrected chi connectivity index (χ3v) is 4.15. The van der Waals surface area contributed by atoms with Crippen molar-refractivity contribution < 1.29 is 9.84 Å². The molecule has 3 nitrogen and oxygen atoms in total. The highest BCUT2D eigenvalue weighted by Gasteiger charge is 2.19. The molecule has 112 valence electrons. The molecular formula is C18H23NO2. The zero-order valence-electron chi connectivity index (χ0n) is 12.4. The standard InChI is InChI=1S/C18H23NO2/c20-18-7-9-19(14-18)10-12-21-11-8-15-5-6-16-3-1-2-4-17(16)13-15/h1-6,13,18,20H,7-12,14H2. The van der Waals surface area contributed by atoms with Crippen molar-refractivity contribution in [1.82, 2.24) is 4.90 Å². The van der Waals surface area contributed by atoms with Gasteiger partial charge in [-0.05, 0) is 29.2 Å². The minimum absolute atomic E-state index is 0.136. The van der Waals surface area contributed by atoms with Crippen molar-refractivity contribution in [1.29, 1.82) is 0 Å². The predicted molar refractivity (Wildman–Crippen MR) is 85.5 cm³/mol. The number of benzene rings is 2. The SMILES string of the molecule is OC1CCN(CCOCCc2ccc3ccccc3c2)C1. The molecule has 2 aromatic carbocycles. The lowest BCUT2D eigenvalue weighted by Gasteiger charge is -2.14. The van der Waals surface area contributed by atoms with Crippen molar-refractivity contribution in [2.24, 2.45) is 0 Å². The molecule has 1 aliphatic rings. The van der Waals surface area contributed by atoms with E-state index in [9.17, 15) is 5.11 Å². The van der Waals surface area contributed by atoms with E-state index in [1.54, 1.807) is 0 Å². The van der Waals surface area contributed by atoms with Gasteiger partial charge in [-0.15, -0.1) is 0 Å². The Balaban J connectivity index is 1.40. The number of aliphatic hydroxyl groups is 1. The summed E-state index contributed by atoms with van der Waals surface area (Å²) in [6, 6.07) is 15.0. The van der Waals surface area contributed by atoms with Crippen molar-refractivity contribution in [3.8, 4) is 0 Å². The summed E-state index contributed by atoms with van der Waals surface area (Å²) >= 11 is 0. The lowest BCUT2D eigenvalue weighted by atomic mass is 10.1. The summed E-state index contributed by atoms with van der Waals surface area (Å²) in [6.07, 6.45) is 1.72. The monoisotopic (exact) mass is 285 g/mol. The van der Waals surface area contributed by atoms with E-state index < -0.39 is 0 Å². The summed E-state index contributed by atoms with van der Waals surface area (Å²) in [5, 5.41) is 12.0. The Hall–Kier alpha value is -1.42. The first kappa shape index (κ1) is 14.5. The molecule has 1 aliphatic heterocycles. The Morgan fingerprint density at radius 1 is 1.10 bits per heavy atom. The Morgan fingerprint density at radius 2 is 1.95 bits per heavy atom. The van der Waals surface area contributed by atoms with E-state index in [0.29, 0.717) is 0 Å². The van der Waals surface area contributed by atoms with Crippen molar-refractivity contribution in [3.63, 3.8) is 0 Å². The van der Waals surface area contributed by atoms with Crippen molar-refractivity contribution in [2.75, 3.05) is 32.8 Å². The number of β-amino-alcohol motifs (C(OH)–C–C–N with tert-alkyl or cyclic N) is 1. The van der Waals surface area contributed by atoms with Crippen LogP contribution >= 0.6 is 0 Å². The largest absolute Gasteiger partial charge is 0.392 e. The normalized spacial score (nSPS) is 19.4. The van der Waals surface area contributed by atoms with Crippen LogP contribution in [0.3, 0.4) is 0 Å². The minimum Gasteiger partial charge on any atom is -0.392 e. The zero-order valence-corrected chi connectivity index (χ0v) is 12.4. The molecule has 1 atom stereocenters. The number of nitrogens with zero attached hydrogens (tertiary/aromatic N) is 1. The highest BCUT2D eigenvalue weighted by Crippen LogP contribution is 2.16. The van der Waals surface area contributed by atoms with Crippen LogP contribution in [0.2, 0.25) is 0 Å². The fraction of sp³-hybridized carbons (Fsp3) is 0.444. The maximum Gasteiger partial charge on any atom is 0.0679 e. The van der Waals surface area contributed by atoms with Gasteiger partial charge in [-0.2, -0.15) is 0 Å². The fourth-order valence-electron chi connectivity index (χ4n) is 2.90. The maximum atomic E-state index is 9.46. The second-order valence-corrected chi connectivity index (χ2v) is 5.79. The second-order valence-electron chi connectivity index (χ2n) is 5.79. The first-order valence-electron chi connectivity index (χ1n) is 7.77. The third-order valence-electron chi connectivity index (χ3n) is 4.15. The van der Waals surface area contributed by atoms with E-state index >= 15 is 0 Å². The van der Waals surface area contributed by atoms with Crippen LogP contribution < -0.4 is 0 Å². The first-order valence-corrected chi connectivity index (χ1v) is 7.77. The van der Waals surface area contributed by atoms with E-state index in [4.69, 9.17) is 4.74 Å². The summed E-state index contributed by atoms with van der Waals surface area (Å²) in [5.74, 6) is 0. The summed E-state index contributed by atoms with van der Waals surface area (Å²) in [4.78, 5) is 2.26. The Labute approximate surface area is 126 Å². The van der Waals surface area contributed by atoms with Gasteiger partial charge in [-0.25, -0.2) is 0 Å². The van der Waals surface area contributed by atoms with E-state index in [-0.39, 0.29) is 6.10 Å². The van der Waals surface area contributed by atoms with Gasteiger partial charge in [0.2, 0.25) is 0 Å². The molecule has 3 rings (SSSR count). The van der Waals surface area contributed by atoms with Crippen molar-refractivity contribution >= 4 is 10.8 Å². The molecule has 0 radical (unpaired) electrons. The van der Waals surface area contributed by atoms with Gasteiger partial charge in [0.15, 0.2) is 0 Å². The number of hydrogen-bond donors (Lipinski definition) is 1. The Morgan fingerprint density at radius 3 is 2.76 bits per heavy atom. The van der Waals surface area contributed by atoms with Crippen molar-refractivity contribution in [3.05, 3.63) is 48.0 Å². The molecule has 0 aliphatic carbocycles. The molecule has 0 spiro atoms. The number of rotatable bonds is 6. The average Bonchev–Trinajstić information content (AvgIpc) is 2.92. The Bertz CT molecular complexity index is 584. The van der Waals surface area contributed by atoms with Gasteiger partial charge in [0.1, 0.15) is 0 Å². The molecule has 2 aromatic rings. The topological polar surface area (TPSA) is 32.7 Å². The van der Waals surface area contributed by atoms with Gasteiger partial charge in [0.05, 0.1) is 19.3 Å². The van der Waals surface area contributed by atoms with Crippen LogP contribution in [-0.2, 0) is 11.2 Å². The number of likely N-dealkylation sites (tertiary alicyclic amines) is 1. The molecule has 21 heavy (non-hydrogen) atoms. The predicted octanol–water partition coefficient (Wildman–Crippen LogP) is 2.47. The second kappa shape index (κ2) is 7.03.